The first-order valence-corrected chi connectivity index (χ1v) is 6.34. The summed E-state index contributed by atoms with van der Waals surface area (Å²) >= 11 is 0. The van der Waals surface area contributed by atoms with Gasteiger partial charge in [0.2, 0.25) is 0 Å². The molecule has 0 aromatic rings. The largest absolute Gasteiger partial charge is 0.225 e. The van der Waals surface area contributed by atoms with Crippen molar-refractivity contribution in [1.29, 1.82) is 0 Å². The predicted octanol–water partition coefficient (Wildman–Crippen LogP) is 2.70. The molecule has 0 fully saturated rings. The standard InChI is InChI=1S/C8H18ClNOS/c1-5-7(3)10(12(9)11)8(4)6-2/h7-8H,5-6H2,1-4H3. The van der Waals surface area contributed by atoms with Crippen molar-refractivity contribution < 1.29 is 4.21 Å². The topological polar surface area (TPSA) is 20.3 Å². The smallest absolute Gasteiger partial charge is 0.192 e. The molecule has 0 amide bonds. The normalized spacial score (nSPS) is 19.2. The van der Waals surface area contributed by atoms with Crippen LogP contribution in [0.25, 0.3) is 0 Å². The van der Waals surface area contributed by atoms with Crippen molar-refractivity contribution in [3.05, 3.63) is 0 Å². The van der Waals surface area contributed by atoms with E-state index < -0.39 is 10.2 Å². The maximum Gasteiger partial charge on any atom is 0.192 e. The fourth-order valence-corrected chi connectivity index (χ4v) is 2.76. The highest BCUT2D eigenvalue weighted by Gasteiger charge is 2.21. The number of hydrogen-bond acceptors (Lipinski definition) is 1. The summed E-state index contributed by atoms with van der Waals surface area (Å²) in [5.41, 5.74) is 0. The molecule has 0 heterocycles. The van der Waals surface area contributed by atoms with E-state index in [1.54, 1.807) is 0 Å². The molecule has 3 unspecified atom stereocenters. The third-order valence-corrected chi connectivity index (χ3v) is 3.75. The Kier molecular flexibility index (Phi) is 6.14. The summed E-state index contributed by atoms with van der Waals surface area (Å²) in [5.74, 6) is 0. The summed E-state index contributed by atoms with van der Waals surface area (Å²) in [7, 11) is 4.23. The van der Waals surface area contributed by atoms with Gasteiger partial charge in [0.05, 0.1) is 0 Å². The van der Waals surface area contributed by atoms with E-state index in [-0.39, 0.29) is 0 Å². The van der Waals surface area contributed by atoms with Gasteiger partial charge in [-0.15, -0.1) is 0 Å². The average Bonchev–Trinajstić information content (AvgIpc) is 2.03. The van der Waals surface area contributed by atoms with Gasteiger partial charge in [-0.25, -0.2) is 8.51 Å². The number of halogens is 1. The van der Waals surface area contributed by atoms with Gasteiger partial charge in [0.25, 0.3) is 0 Å². The highest BCUT2D eigenvalue weighted by Crippen LogP contribution is 2.16. The molecule has 2 nitrogen and oxygen atoms in total. The molecule has 0 aromatic heterocycles. The van der Waals surface area contributed by atoms with E-state index in [2.05, 4.69) is 13.8 Å². The van der Waals surface area contributed by atoms with E-state index >= 15 is 0 Å². The van der Waals surface area contributed by atoms with Crippen LogP contribution in [-0.4, -0.2) is 20.6 Å². The van der Waals surface area contributed by atoms with Crippen molar-refractivity contribution in [2.45, 2.75) is 52.6 Å². The fraction of sp³-hybridized carbons (Fsp3) is 1.00. The van der Waals surface area contributed by atoms with Gasteiger partial charge in [-0.2, -0.15) is 0 Å². The second-order valence-corrected chi connectivity index (χ2v) is 4.71. The Morgan fingerprint density at radius 3 is 1.75 bits per heavy atom. The van der Waals surface area contributed by atoms with Gasteiger partial charge >= 0.3 is 0 Å². The summed E-state index contributed by atoms with van der Waals surface area (Å²) < 4.78 is 13.0. The minimum atomic E-state index is -1.36. The maximum atomic E-state index is 11.1. The number of rotatable bonds is 5. The minimum absolute atomic E-state index is 0.290. The van der Waals surface area contributed by atoms with Gasteiger partial charge in [0.1, 0.15) is 0 Å². The van der Waals surface area contributed by atoms with E-state index in [4.69, 9.17) is 10.7 Å². The number of nitrogens with zero attached hydrogens (tertiary/aromatic N) is 1. The van der Waals surface area contributed by atoms with Crippen LogP contribution >= 0.6 is 10.7 Å². The van der Waals surface area contributed by atoms with Crippen molar-refractivity contribution in [2.24, 2.45) is 0 Å². The van der Waals surface area contributed by atoms with Gasteiger partial charge in [-0.1, -0.05) is 13.8 Å². The van der Waals surface area contributed by atoms with Crippen molar-refractivity contribution >= 4 is 20.9 Å². The first-order chi connectivity index (χ1) is 5.54. The Labute approximate surface area is 82.4 Å². The fourth-order valence-electron chi connectivity index (χ4n) is 1.08. The lowest BCUT2D eigenvalue weighted by Crippen LogP contribution is -2.39. The summed E-state index contributed by atoms with van der Waals surface area (Å²) in [6, 6.07) is 0.580. The van der Waals surface area contributed by atoms with Crippen molar-refractivity contribution in [2.75, 3.05) is 0 Å². The summed E-state index contributed by atoms with van der Waals surface area (Å²) in [6.07, 6.45) is 1.95. The summed E-state index contributed by atoms with van der Waals surface area (Å²) in [4.78, 5) is 0. The molecule has 74 valence electrons. The molecule has 0 spiro atoms. The van der Waals surface area contributed by atoms with E-state index in [0.29, 0.717) is 12.1 Å². The highest BCUT2D eigenvalue weighted by atomic mass is 35.7. The van der Waals surface area contributed by atoms with E-state index in [0.717, 1.165) is 12.8 Å². The van der Waals surface area contributed by atoms with E-state index in [1.165, 1.54) is 0 Å². The third-order valence-electron chi connectivity index (χ3n) is 2.22. The Bertz CT molecular complexity index is 144. The zero-order valence-corrected chi connectivity index (χ0v) is 9.78. The third kappa shape index (κ3) is 3.42. The molecular formula is C8H18ClNOS. The van der Waals surface area contributed by atoms with Crippen molar-refractivity contribution in [1.82, 2.24) is 4.31 Å². The SMILES string of the molecule is CCC(C)N(C(C)CC)S(=O)Cl. The van der Waals surface area contributed by atoms with Crippen molar-refractivity contribution in [3.8, 4) is 0 Å². The molecule has 0 N–H and O–H groups in total. The molecule has 0 aliphatic heterocycles. The second-order valence-electron chi connectivity index (χ2n) is 3.08. The monoisotopic (exact) mass is 211 g/mol. The Hall–Kier alpha value is 0.400. The van der Waals surface area contributed by atoms with Gasteiger partial charge in [0, 0.05) is 22.8 Å². The van der Waals surface area contributed by atoms with E-state index in [9.17, 15) is 4.21 Å². The van der Waals surface area contributed by atoms with Crippen LogP contribution in [0.15, 0.2) is 0 Å². The molecule has 4 heteroatoms. The molecule has 12 heavy (non-hydrogen) atoms. The van der Waals surface area contributed by atoms with Crippen LogP contribution < -0.4 is 0 Å². The molecule has 0 radical (unpaired) electrons. The van der Waals surface area contributed by atoms with Crippen LogP contribution in [0, 0.1) is 0 Å². The van der Waals surface area contributed by atoms with Gasteiger partial charge in [-0.05, 0) is 26.7 Å². The molecule has 0 saturated heterocycles. The van der Waals surface area contributed by atoms with Crippen LogP contribution in [0.1, 0.15) is 40.5 Å². The Balaban J connectivity index is 4.32. The van der Waals surface area contributed by atoms with Crippen LogP contribution in [-0.2, 0) is 10.2 Å². The molecule has 0 aliphatic rings. The van der Waals surface area contributed by atoms with Crippen LogP contribution in [0.5, 0.6) is 0 Å². The zero-order valence-electron chi connectivity index (χ0n) is 8.21. The lowest BCUT2D eigenvalue weighted by molar-refractivity contribution is 0.281. The Morgan fingerprint density at radius 2 is 1.58 bits per heavy atom. The van der Waals surface area contributed by atoms with Gasteiger partial charge < -0.3 is 0 Å². The molecule has 0 saturated carbocycles. The molecule has 0 bridgehead atoms. The molecule has 0 rings (SSSR count). The quantitative estimate of drug-likeness (QED) is 0.641. The molecule has 0 aromatic carbocycles. The average molecular weight is 212 g/mol. The summed E-state index contributed by atoms with van der Waals surface area (Å²) in [5, 5.41) is 0. The summed E-state index contributed by atoms with van der Waals surface area (Å²) in [6.45, 7) is 8.24. The first-order valence-electron chi connectivity index (χ1n) is 4.41. The van der Waals surface area contributed by atoms with Crippen molar-refractivity contribution in [3.63, 3.8) is 0 Å². The van der Waals surface area contributed by atoms with E-state index in [1.807, 2.05) is 18.2 Å². The number of hydrogen-bond donors (Lipinski definition) is 0. The lowest BCUT2D eigenvalue weighted by Gasteiger charge is -2.29. The predicted molar refractivity (Wildman–Crippen MR) is 55.3 cm³/mol. The minimum Gasteiger partial charge on any atom is -0.225 e. The van der Waals surface area contributed by atoms with Crippen LogP contribution in [0.2, 0.25) is 0 Å². The molecular weight excluding hydrogens is 194 g/mol. The van der Waals surface area contributed by atoms with Gasteiger partial charge in [-0.3, -0.25) is 0 Å². The van der Waals surface area contributed by atoms with Crippen LogP contribution in [0.3, 0.4) is 0 Å². The zero-order chi connectivity index (χ0) is 9.72. The first kappa shape index (κ1) is 12.4. The van der Waals surface area contributed by atoms with Crippen LogP contribution in [0.4, 0.5) is 0 Å². The highest BCUT2D eigenvalue weighted by molar-refractivity contribution is 8.06. The molecule has 0 aliphatic carbocycles. The maximum absolute atomic E-state index is 11.1. The molecule has 3 atom stereocenters. The lowest BCUT2D eigenvalue weighted by atomic mass is 10.2. The van der Waals surface area contributed by atoms with Gasteiger partial charge in [0.15, 0.2) is 10.2 Å². The second kappa shape index (κ2) is 5.95. The Morgan fingerprint density at radius 1 is 1.25 bits per heavy atom.